The molecule has 0 unspecified atom stereocenters. The second-order valence-corrected chi connectivity index (χ2v) is 5.96. The number of aromatic amines is 1. The molecule has 6 nitrogen and oxygen atoms in total. The average Bonchev–Trinajstić information content (AvgIpc) is 3.26. The molecule has 1 heterocycles. The van der Waals surface area contributed by atoms with E-state index in [9.17, 15) is 13.6 Å². The summed E-state index contributed by atoms with van der Waals surface area (Å²) < 4.78 is 28.3. The molecule has 0 aliphatic heterocycles. The van der Waals surface area contributed by atoms with E-state index in [0.717, 1.165) is 18.7 Å². The molecule has 23 heavy (non-hydrogen) atoms. The highest BCUT2D eigenvalue weighted by atomic mass is 32.2. The molecule has 0 radical (unpaired) electrons. The summed E-state index contributed by atoms with van der Waals surface area (Å²) >= 11 is 1.24. The number of nitrogens with zero attached hydrogens (tertiary/aromatic N) is 2. The van der Waals surface area contributed by atoms with Crippen LogP contribution in [0.3, 0.4) is 0 Å². The van der Waals surface area contributed by atoms with Crippen LogP contribution in [0.15, 0.2) is 29.4 Å². The molecule has 1 aliphatic rings. The van der Waals surface area contributed by atoms with E-state index in [2.05, 4.69) is 25.2 Å². The maximum Gasteiger partial charge on any atom is 0.387 e. The SMILES string of the molecule is O=C(CSc1n[nH]c(C2CC2)n1)Nc1ccc(OC(F)F)cc1. The van der Waals surface area contributed by atoms with Gasteiger partial charge in [-0.2, -0.15) is 8.78 Å². The molecule has 1 fully saturated rings. The molecule has 0 saturated heterocycles. The van der Waals surface area contributed by atoms with Crippen molar-refractivity contribution in [2.24, 2.45) is 0 Å². The Hall–Kier alpha value is -2.16. The number of hydrogen-bond donors (Lipinski definition) is 2. The minimum atomic E-state index is -2.87. The van der Waals surface area contributed by atoms with Crippen molar-refractivity contribution in [2.45, 2.75) is 30.5 Å². The largest absolute Gasteiger partial charge is 0.435 e. The van der Waals surface area contributed by atoms with E-state index in [-0.39, 0.29) is 17.4 Å². The molecule has 0 atom stereocenters. The predicted octanol–water partition coefficient (Wildman–Crippen LogP) is 3.01. The first-order valence-corrected chi connectivity index (χ1v) is 7.98. The first-order valence-electron chi connectivity index (χ1n) is 7.00. The van der Waals surface area contributed by atoms with E-state index in [1.807, 2.05) is 0 Å². The monoisotopic (exact) mass is 340 g/mol. The Morgan fingerprint density at radius 3 is 2.78 bits per heavy atom. The third-order valence-corrected chi connectivity index (χ3v) is 3.99. The third kappa shape index (κ3) is 4.65. The van der Waals surface area contributed by atoms with Crippen LogP contribution in [0, 0.1) is 0 Å². The third-order valence-electron chi connectivity index (χ3n) is 3.14. The lowest BCUT2D eigenvalue weighted by Crippen LogP contribution is -2.14. The summed E-state index contributed by atoms with van der Waals surface area (Å²) in [6.45, 7) is -2.87. The smallest absolute Gasteiger partial charge is 0.387 e. The fourth-order valence-electron chi connectivity index (χ4n) is 1.91. The van der Waals surface area contributed by atoms with Crippen LogP contribution >= 0.6 is 11.8 Å². The van der Waals surface area contributed by atoms with Gasteiger partial charge in [0.2, 0.25) is 11.1 Å². The number of carbonyl (C=O) groups is 1. The Morgan fingerprint density at radius 2 is 2.13 bits per heavy atom. The Balaban J connectivity index is 1.46. The van der Waals surface area contributed by atoms with Gasteiger partial charge in [0.25, 0.3) is 0 Å². The highest BCUT2D eigenvalue weighted by Gasteiger charge is 2.27. The van der Waals surface area contributed by atoms with Gasteiger partial charge in [-0.15, -0.1) is 5.10 Å². The first-order chi connectivity index (χ1) is 11.1. The Kier molecular flexibility index (Phi) is 4.75. The van der Waals surface area contributed by atoms with Gasteiger partial charge >= 0.3 is 6.61 Å². The van der Waals surface area contributed by atoms with E-state index in [4.69, 9.17) is 0 Å². The van der Waals surface area contributed by atoms with E-state index < -0.39 is 6.61 Å². The van der Waals surface area contributed by atoms with Gasteiger partial charge in [-0.05, 0) is 37.1 Å². The number of anilines is 1. The van der Waals surface area contributed by atoms with E-state index >= 15 is 0 Å². The molecule has 1 aliphatic carbocycles. The molecule has 0 bridgehead atoms. The lowest BCUT2D eigenvalue weighted by atomic mass is 10.3. The Bertz CT molecular complexity index is 674. The second kappa shape index (κ2) is 6.95. The molecule has 1 saturated carbocycles. The maximum absolute atomic E-state index is 12.0. The summed E-state index contributed by atoms with van der Waals surface area (Å²) in [6, 6.07) is 5.73. The standard InChI is InChI=1S/C14H14F2N4O2S/c15-13(16)22-10-5-3-9(4-6-10)17-11(21)7-23-14-18-12(19-20-14)8-1-2-8/h3-6,8,13H,1-2,7H2,(H,17,21)(H,18,19,20). The number of aromatic nitrogens is 3. The maximum atomic E-state index is 12.0. The molecule has 1 aromatic heterocycles. The van der Waals surface area contributed by atoms with Gasteiger partial charge in [0.15, 0.2) is 0 Å². The average molecular weight is 340 g/mol. The zero-order valence-corrected chi connectivity index (χ0v) is 12.8. The second-order valence-electron chi connectivity index (χ2n) is 5.02. The van der Waals surface area contributed by atoms with Crippen LogP contribution in [-0.4, -0.2) is 33.5 Å². The highest BCUT2D eigenvalue weighted by Crippen LogP contribution is 2.38. The molecule has 2 aromatic rings. The van der Waals surface area contributed by atoms with Gasteiger partial charge in [0.1, 0.15) is 11.6 Å². The number of halogens is 2. The van der Waals surface area contributed by atoms with Crippen LogP contribution in [0.4, 0.5) is 14.5 Å². The van der Waals surface area contributed by atoms with E-state index in [1.165, 1.54) is 36.0 Å². The molecular formula is C14H14F2N4O2S. The van der Waals surface area contributed by atoms with Crippen molar-refractivity contribution in [2.75, 3.05) is 11.1 Å². The first kappa shape index (κ1) is 15.7. The summed E-state index contributed by atoms with van der Waals surface area (Å²) in [7, 11) is 0. The number of carbonyl (C=O) groups excluding carboxylic acids is 1. The van der Waals surface area contributed by atoms with Crippen molar-refractivity contribution in [1.82, 2.24) is 15.2 Å². The number of amides is 1. The topological polar surface area (TPSA) is 79.9 Å². The molecular weight excluding hydrogens is 326 g/mol. The van der Waals surface area contributed by atoms with Crippen LogP contribution in [0.1, 0.15) is 24.6 Å². The van der Waals surface area contributed by atoms with E-state index in [0.29, 0.717) is 16.8 Å². The normalized spacial score (nSPS) is 14.0. The number of thioether (sulfide) groups is 1. The van der Waals surface area contributed by atoms with Crippen molar-refractivity contribution >= 4 is 23.4 Å². The van der Waals surface area contributed by atoms with Gasteiger partial charge in [-0.1, -0.05) is 11.8 Å². The minimum absolute atomic E-state index is 0.0423. The number of ether oxygens (including phenoxy) is 1. The lowest BCUT2D eigenvalue weighted by molar-refractivity contribution is -0.113. The molecule has 3 rings (SSSR count). The minimum Gasteiger partial charge on any atom is -0.435 e. The highest BCUT2D eigenvalue weighted by molar-refractivity contribution is 7.99. The van der Waals surface area contributed by atoms with Crippen LogP contribution in [0.2, 0.25) is 0 Å². The van der Waals surface area contributed by atoms with Gasteiger partial charge in [-0.25, -0.2) is 4.98 Å². The van der Waals surface area contributed by atoms with Gasteiger partial charge in [-0.3, -0.25) is 9.89 Å². The van der Waals surface area contributed by atoms with Crippen molar-refractivity contribution in [1.29, 1.82) is 0 Å². The van der Waals surface area contributed by atoms with Crippen LogP contribution in [-0.2, 0) is 4.79 Å². The van der Waals surface area contributed by atoms with Gasteiger partial charge in [0.05, 0.1) is 5.75 Å². The summed E-state index contributed by atoms with van der Waals surface area (Å²) in [4.78, 5) is 16.2. The summed E-state index contributed by atoms with van der Waals surface area (Å²) in [5.74, 6) is 1.34. The number of H-pyrrole nitrogens is 1. The van der Waals surface area contributed by atoms with E-state index in [1.54, 1.807) is 0 Å². The molecule has 2 N–H and O–H groups in total. The van der Waals surface area contributed by atoms with Crippen molar-refractivity contribution in [3.8, 4) is 5.75 Å². The fourth-order valence-corrected chi connectivity index (χ4v) is 2.51. The molecule has 9 heteroatoms. The molecule has 1 aromatic carbocycles. The summed E-state index contributed by atoms with van der Waals surface area (Å²) in [5.41, 5.74) is 0.505. The number of benzene rings is 1. The van der Waals surface area contributed by atoms with Crippen molar-refractivity contribution in [3.05, 3.63) is 30.1 Å². The summed E-state index contributed by atoms with van der Waals surface area (Å²) in [6.07, 6.45) is 2.26. The zero-order chi connectivity index (χ0) is 16.2. The number of alkyl halides is 2. The lowest BCUT2D eigenvalue weighted by Gasteiger charge is -2.07. The van der Waals surface area contributed by atoms with Gasteiger partial charge in [0, 0.05) is 11.6 Å². The van der Waals surface area contributed by atoms with Crippen LogP contribution < -0.4 is 10.1 Å². The van der Waals surface area contributed by atoms with Crippen molar-refractivity contribution in [3.63, 3.8) is 0 Å². The quantitative estimate of drug-likeness (QED) is 0.758. The van der Waals surface area contributed by atoms with Crippen molar-refractivity contribution < 1.29 is 18.3 Å². The van der Waals surface area contributed by atoms with Gasteiger partial charge < -0.3 is 10.1 Å². The Labute approximate surface area is 135 Å². The summed E-state index contributed by atoms with van der Waals surface area (Å²) in [5, 5.41) is 10.1. The van der Waals surface area contributed by atoms with Crippen LogP contribution in [0.25, 0.3) is 0 Å². The number of hydrogen-bond acceptors (Lipinski definition) is 5. The molecule has 122 valence electrons. The van der Waals surface area contributed by atoms with Crippen LogP contribution in [0.5, 0.6) is 5.75 Å². The molecule has 1 amide bonds. The fraction of sp³-hybridized carbons (Fsp3) is 0.357. The Morgan fingerprint density at radius 1 is 1.39 bits per heavy atom. The number of nitrogens with one attached hydrogen (secondary N) is 2. The number of rotatable bonds is 7. The zero-order valence-electron chi connectivity index (χ0n) is 12.0. The predicted molar refractivity (Wildman–Crippen MR) is 80.8 cm³/mol. The molecule has 0 spiro atoms.